The Morgan fingerprint density at radius 1 is 0.900 bits per heavy atom. The summed E-state index contributed by atoms with van der Waals surface area (Å²) >= 11 is 12.7. The second-order valence-electron chi connectivity index (χ2n) is 10.2. The fourth-order valence-electron chi connectivity index (χ4n) is 4.04. The van der Waals surface area contributed by atoms with Crippen LogP contribution in [-0.2, 0) is 26.2 Å². The van der Waals surface area contributed by atoms with Gasteiger partial charge in [0.25, 0.3) is 10.0 Å². The summed E-state index contributed by atoms with van der Waals surface area (Å²) in [4.78, 5) is 28.5. The molecular formula is C30H35Cl2N3O4S. The van der Waals surface area contributed by atoms with Crippen molar-refractivity contribution in [2.75, 3.05) is 17.4 Å². The summed E-state index contributed by atoms with van der Waals surface area (Å²) in [6.07, 6.45) is 0. The maximum absolute atomic E-state index is 14.0. The SMILES string of the molecule is Cc1ccc(S(=O)(=O)N(CC(=O)N(Cc2ccccc2C)[C@H](C)C(=O)NCC(C)C)c2cccc(Cl)c2Cl)cc1. The quantitative estimate of drug-likeness (QED) is 0.291. The lowest BCUT2D eigenvalue weighted by Gasteiger charge is -2.32. The van der Waals surface area contributed by atoms with Gasteiger partial charge in [0.15, 0.2) is 0 Å². The fraction of sp³-hybridized carbons (Fsp3) is 0.333. The molecule has 0 bridgehead atoms. The van der Waals surface area contributed by atoms with E-state index >= 15 is 0 Å². The maximum Gasteiger partial charge on any atom is 0.264 e. The standard InChI is InChI=1S/C30H35Cl2N3O4S/c1-20(2)17-33-30(37)23(5)34(18-24-10-7-6-9-22(24)4)28(36)19-35(27-12-8-11-26(31)29(27)32)40(38,39)25-15-13-21(3)14-16-25/h6-16,20,23H,17-19H2,1-5H3,(H,33,37)/t23-/m1/s1. The number of aryl methyl sites for hydroxylation is 2. The molecule has 0 aliphatic rings. The number of amides is 2. The van der Waals surface area contributed by atoms with Crippen LogP contribution < -0.4 is 9.62 Å². The van der Waals surface area contributed by atoms with Crippen LogP contribution >= 0.6 is 23.2 Å². The summed E-state index contributed by atoms with van der Waals surface area (Å²) in [5, 5.41) is 3.03. The molecule has 0 aromatic heterocycles. The van der Waals surface area contributed by atoms with Gasteiger partial charge in [-0.1, -0.05) is 85.1 Å². The zero-order valence-corrected chi connectivity index (χ0v) is 25.6. The molecule has 1 N–H and O–H groups in total. The highest BCUT2D eigenvalue weighted by Crippen LogP contribution is 2.35. The van der Waals surface area contributed by atoms with Crippen molar-refractivity contribution in [2.24, 2.45) is 5.92 Å². The first-order valence-electron chi connectivity index (χ1n) is 13.0. The van der Waals surface area contributed by atoms with Gasteiger partial charge in [-0.25, -0.2) is 8.42 Å². The zero-order chi connectivity index (χ0) is 29.6. The summed E-state index contributed by atoms with van der Waals surface area (Å²) in [5.74, 6) is -0.677. The topological polar surface area (TPSA) is 86.8 Å². The monoisotopic (exact) mass is 603 g/mol. The van der Waals surface area contributed by atoms with E-state index in [0.29, 0.717) is 6.54 Å². The van der Waals surface area contributed by atoms with Crippen LogP contribution in [0.1, 0.15) is 37.5 Å². The summed E-state index contributed by atoms with van der Waals surface area (Å²) in [7, 11) is -4.24. The minimum atomic E-state index is -4.24. The predicted molar refractivity (Wildman–Crippen MR) is 161 cm³/mol. The van der Waals surface area contributed by atoms with Crippen molar-refractivity contribution in [2.45, 2.75) is 52.1 Å². The third-order valence-corrected chi connectivity index (χ3v) is 9.12. The van der Waals surface area contributed by atoms with Crippen LogP contribution in [0, 0.1) is 19.8 Å². The van der Waals surface area contributed by atoms with Gasteiger partial charge in [-0.15, -0.1) is 0 Å². The number of anilines is 1. The fourth-order valence-corrected chi connectivity index (χ4v) is 5.92. The molecule has 3 aromatic rings. The Kier molecular flexibility index (Phi) is 10.6. The van der Waals surface area contributed by atoms with Crippen molar-refractivity contribution in [3.8, 4) is 0 Å². The predicted octanol–water partition coefficient (Wildman–Crippen LogP) is 6.00. The second-order valence-corrected chi connectivity index (χ2v) is 12.8. The Bertz CT molecular complexity index is 1460. The Morgan fingerprint density at radius 3 is 2.17 bits per heavy atom. The lowest BCUT2D eigenvalue weighted by Crippen LogP contribution is -2.51. The molecule has 2 amide bonds. The van der Waals surface area contributed by atoms with Crippen LogP contribution in [0.4, 0.5) is 5.69 Å². The minimum Gasteiger partial charge on any atom is -0.354 e. The van der Waals surface area contributed by atoms with E-state index < -0.39 is 28.5 Å². The molecule has 0 unspecified atom stereocenters. The number of nitrogens with zero attached hydrogens (tertiary/aromatic N) is 2. The van der Waals surface area contributed by atoms with E-state index in [2.05, 4.69) is 5.32 Å². The second kappa shape index (κ2) is 13.5. The van der Waals surface area contributed by atoms with Gasteiger partial charge >= 0.3 is 0 Å². The third-order valence-electron chi connectivity index (χ3n) is 6.54. The lowest BCUT2D eigenvalue weighted by atomic mass is 10.1. The van der Waals surface area contributed by atoms with Gasteiger partial charge in [0, 0.05) is 13.1 Å². The molecule has 214 valence electrons. The number of benzene rings is 3. The number of carbonyl (C=O) groups excluding carboxylic acids is 2. The molecule has 3 rings (SSSR count). The van der Waals surface area contributed by atoms with Crippen molar-refractivity contribution >= 4 is 50.7 Å². The van der Waals surface area contributed by atoms with Crippen molar-refractivity contribution in [1.29, 1.82) is 0 Å². The van der Waals surface area contributed by atoms with Crippen LogP contribution in [-0.4, -0.2) is 44.3 Å². The number of halogens is 2. The van der Waals surface area contributed by atoms with Crippen molar-refractivity contribution in [3.05, 3.63) is 93.5 Å². The third kappa shape index (κ3) is 7.56. The van der Waals surface area contributed by atoms with E-state index in [1.54, 1.807) is 25.1 Å². The largest absolute Gasteiger partial charge is 0.354 e. The van der Waals surface area contributed by atoms with E-state index in [0.717, 1.165) is 21.0 Å². The highest BCUT2D eigenvalue weighted by atomic mass is 35.5. The van der Waals surface area contributed by atoms with Crippen molar-refractivity contribution in [3.63, 3.8) is 0 Å². The molecule has 0 heterocycles. The van der Waals surface area contributed by atoms with Crippen LogP contribution in [0.2, 0.25) is 10.0 Å². The summed E-state index contributed by atoms with van der Waals surface area (Å²) in [5.41, 5.74) is 2.73. The summed E-state index contributed by atoms with van der Waals surface area (Å²) in [6, 6.07) is 17.6. The molecule has 0 saturated carbocycles. The summed E-state index contributed by atoms with van der Waals surface area (Å²) in [6.45, 7) is 9.32. The minimum absolute atomic E-state index is 0.000770. The van der Waals surface area contributed by atoms with E-state index in [-0.39, 0.29) is 39.0 Å². The molecule has 0 aliphatic heterocycles. The summed E-state index contributed by atoms with van der Waals surface area (Å²) < 4.78 is 28.8. The van der Waals surface area contributed by atoms with Crippen LogP contribution in [0.5, 0.6) is 0 Å². The number of hydrogen-bond acceptors (Lipinski definition) is 4. The number of carbonyl (C=O) groups is 2. The highest BCUT2D eigenvalue weighted by molar-refractivity contribution is 7.92. The van der Waals surface area contributed by atoms with Crippen molar-refractivity contribution < 1.29 is 18.0 Å². The first kappa shape index (κ1) is 31.5. The molecule has 3 aromatic carbocycles. The molecule has 0 aliphatic carbocycles. The van der Waals surface area contributed by atoms with E-state index in [1.165, 1.54) is 29.2 Å². The van der Waals surface area contributed by atoms with E-state index in [9.17, 15) is 18.0 Å². The van der Waals surface area contributed by atoms with Gasteiger partial charge in [0.1, 0.15) is 12.6 Å². The normalized spacial score (nSPS) is 12.2. The van der Waals surface area contributed by atoms with Gasteiger partial charge in [-0.3, -0.25) is 13.9 Å². The van der Waals surface area contributed by atoms with Crippen LogP contribution in [0.3, 0.4) is 0 Å². The molecular weight excluding hydrogens is 569 g/mol. The first-order chi connectivity index (χ1) is 18.8. The van der Waals surface area contributed by atoms with Gasteiger partial charge in [-0.2, -0.15) is 0 Å². The van der Waals surface area contributed by atoms with Crippen LogP contribution in [0.15, 0.2) is 71.6 Å². The molecule has 0 radical (unpaired) electrons. The Morgan fingerprint density at radius 2 is 1.55 bits per heavy atom. The number of sulfonamides is 1. The molecule has 1 atom stereocenters. The Hall–Kier alpha value is -3.07. The van der Waals surface area contributed by atoms with E-state index in [1.807, 2.05) is 52.0 Å². The molecule has 7 nitrogen and oxygen atoms in total. The average Bonchev–Trinajstić information content (AvgIpc) is 2.91. The molecule has 0 spiro atoms. The van der Waals surface area contributed by atoms with E-state index in [4.69, 9.17) is 23.2 Å². The number of hydrogen-bond donors (Lipinski definition) is 1. The van der Waals surface area contributed by atoms with Gasteiger partial charge in [-0.05, 0) is 62.1 Å². The Labute approximate surface area is 247 Å². The first-order valence-corrected chi connectivity index (χ1v) is 15.2. The molecule has 10 heteroatoms. The highest BCUT2D eigenvalue weighted by Gasteiger charge is 2.33. The lowest BCUT2D eigenvalue weighted by molar-refractivity contribution is -0.139. The number of nitrogens with one attached hydrogen (secondary N) is 1. The molecule has 40 heavy (non-hydrogen) atoms. The number of rotatable bonds is 11. The van der Waals surface area contributed by atoms with Gasteiger partial charge < -0.3 is 10.2 Å². The maximum atomic E-state index is 14.0. The van der Waals surface area contributed by atoms with Gasteiger partial charge in [0.05, 0.1) is 20.6 Å². The van der Waals surface area contributed by atoms with Crippen LogP contribution in [0.25, 0.3) is 0 Å². The molecule has 0 saturated heterocycles. The smallest absolute Gasteiger partial charge is 0.264 e. The Balaban J connectivity index is 2.07. The van der Waals surface area contributed by atoms with Gasteiger partial charge in [0.2, 0.25) is 11.8 Å². The molecule has 0 fully saturated rings. The average molecular weight is 605 g/mol. The van der Waals surface area contributed by atoms with Crippen molar-refractivity contribution in [1.82, 2.24) is 10.2 Å². The zero-order valence-electron chi connectivity index (χ0n) is 23.3.